The summed E-state index contributed by atoms with van der Waals surface area (Å²) in [6.07, 6.45) is 1.69. The van der Waals surface area contributed by atoms with E-state index < -0.39 is 6.04 Å². The van der Waals surface area contributed by atoms with E-state index in [1.54, 1.807) is 31.4 Å². The highest BCUT2D eigenvalue weighted by Crippen LogP contribution is 2.20. The number of nitrogens with two attached hydrogens (primary N) is 1. The van der Waals surface area contributed by atoms with E-state index in [-0.39, 0.29) is 24.2 Å². The molecule has 0 radical (unpaired) electrons. The molecule has 3 N–H and O–H groups in total. The molecule has 5 nitrogen and oxygen atoms in total. The van der Waals surface area contributed by atoms with Crippen LogP contribution in [0.2, 0.25) is 0 Å². The zero-order chi connectivity index (χ0) is 13.7. The van der Waals surface area contributed by atoms with Gasteiger partial charge in [-0.25, -0.2) is 0 Å². The predicted molar refractivity (Wildman–Crippen MR) is 80.4 cm³/mol. The molecule has 6 heteroatoms. The molecule has 1 aromatic rings. The van der Waals surface area contributed by atoms with Crippen molar-refractivity contribution in [2.24, 2.45) is 11.7 Å². The maximum absolute atomic E-state index is 12.1. The van der Waals surface area contributed by atoms with Crippen LogP contribution in [0.4, 0.5) is 5.69 Å². The van der Waals surface area contributed by atoms with Gasteiger partial charge in [-0.1, -0.05) is 0 Å². The highest BCUT2D eigenvalue weighted by molar-refractivity contribution is 5.94. The third kappa shape index (κ3) is 4.37. The van der Waals surface area contributed by atoms with Crippen LogP contribution >= 0.6 is 12.4 Å². The first-order valence-corrected chi connectivity index (χ1v) is 6.49. The Labute approximate surface area is 125 Å². The van der Waals surface area contributed by atoms with Crippen LogP contribution in [0.5, 0.6) is 5.75 Å². The van der Waals surface area contributed by atoms with Crippen LogP contribution in [-0.4, -0.2) is 32.3 Å². The molecule has 0 spiro atoms. The molecule has 1 heterocycles. The Hall–Kier alpha value is -1.30. The van der Waals surface area contributed by atoms with Crippen molar-refractivity contribution >= 4 is 24.0 Å². The highest BCUT2D eigenvalue weighted by Gasteiger charge is 2.26. The van der Waals surface area contributed by atoms with Crippen LogP contribution in [0, 0.1) is 5.92 Å². The average Bonchev–Trinajstić information content (AvgIpc) is 2.48. The zero-order valence-electron chi connectivity index (χ0n) is 11.5. The number of carbonyl (C=O) groups excluding carboxylic acids is 1. The smallest absolute Gasteiger partial charge is 0.241 e. The summed E-state index contributed by atoms with van der Waals surface area (Å²) in [5, 5.41) is 2.83. The first kappa shape index (κ1) is 16.8. The number of halogens is 1. The Morgan fingerprint density at radius 2 is 1.95 bits per heavy atom. The second kappa shape index (κ2) is 8.09. The monoisotopic (exact) mass is 300 g/mol. The minimum Gasteiger partial charge on any atom is -0.497 e. The van der Waals surface area contributed by atoms with Crippen LogP contribution < -0.4 is 15.8 Å². The number of ether oxygens (including phenoxy) is 2. The number of hydrogen-bond donors (Lipinski definition) is 2. The van der Waals surface area contributed by atoms with Crippen molar-refractivity contribution in [3.05, 3.63) is 24.3 Å². The molecule has 1 aromatic carbocycles. The largest absolute Gasteiger partial charge is 0.497 e. The quantitative estimate of drug-likeness (QED) is 0.889. The summed E-state index contributed by atoms with van der Waals surface area (Å²) in [6, 6.07) is 6.72. The summed E-state index contributed by atoms with van der Waals surface area (Å²) in [7, 11) is 1.61. The Morgan fingerprint density at radius 3 is 2.50 bits per heavy atom. The van der Waals surface area contributed by atoms with Gasteiger partial charge < -0.3 is 20.5 Å². The van der Waals surface area contributed by atoms with E-state index in [0.29, 0.717) is 13.2 Å². The topological polar surface area (TPSA) is 73.6 Å². The SMILES string of the molecule is COc1ccc(NC(=O)C(N)C2CCOCC2)cc1.Cl. The maximum atomic E-state index is 12.1. The third-order valence-corrected chi connectivity index (χ3v) is 3.43. The van der Waals surface area contributed by atoms with Gasteiger partial charge in [0.15, 0.2) is 0 Å². The number of carbonyl (C=O) groups is 1. The van der Waals surface area contributed by atoms with E-state index in [2.05, 4.69) is 5.32 Å². The first-order chi connectivity index (χ1) is 9.20. The van der Waals surface area contributed by atoms with E-state index >= 15 is 0 Å². The number of benzene rings is 1. The van der Waals surface area contributed by atoms with E-state index in [1.807, 2.05) is 0 Å². The summed E-state index contributed by atoms with van der Waals surface area (Å²) in [5.74, 6) is 0.816. The van der Waals surface area contributed by atoms with Crippen LogP contribution in [0.1, 0.15) is 12.8 Å². The van der Waals surface area contributed by atoms with E-state index in [4.69, 9.17) is 15.2 Å². The van der Waals surface area contributed by atoms with E-state index in [9.17, 15) is 4.79 Å². The van der Waals surface area contributed by atoms with Gasteiger partial charge in [-0.15, -0.1) is 12.4 Å². The van der Waals surface area contributed by atoms with Crippen molar-refractivity contribution < 1.29 is 14.3 Å². The average molecular weight is 301 g/mol. The Bertz CT molecular complexity index is 419. The lowest BCUT2D eigenvalue weighted by molar-refractivity contribution is -0.119. The molecular formula is C14H21ClN2O3. The van der Waals surface area contributed by atoms with Gasteiger partial charge in [0.05, 0.1) is 13.2 Å². The molecule has 2 rings (SSSR count). The molecule has 0 bridgehead atoms. The fourth-order valence-corrected chi connectivity index (χ4v) is 2.19. The lowest BCUT2D eigenvalue weighted by Gasteiger charge is -2.26. The van der Waals surface area contributed by atoms with Crippen molar-refractivity contribution in [2.75, 3.05) is 25.6 Å². The molecule has 1 saturated heterocycles. The van der Waals surface area contributed by atoms with E-state index in [0.717, 1.165) is 24.3 Å². The van der Waals surface area contributed by atoms with Gasteiger partial charge >= 0.3 is 0 Å². The molecule has 1 atom stereocenters. The third-order valence-electron chi connectivity index (χ3n) is 3.43. The van der Waals surface area contributed by atoms with Crippen molar-refractivity contribution in [3.63, 3.8) is 0 Å². The number of rotatable bonds is 4. The summed E-state index contributed by atoms with van der Waals surface area (Å²) >= 11 is 0. The molecule has 0 aromatic heterocycles. The number of amides is 1. The van der Waals surface area contributed by atoms with Crippen LogP contribution in [-0.2, 0) is 9.53 Å². The van der Waals surface area contributed by atoms with Gasteiger partial charge in [0.1, 0.15) is 5.75 Å². The Balaban J connectivity index is 0.00000200. The minimum atomic E-state index is -0.481. The van der Waals surface area contributed by atoms with E-state index in [1.165, 1.54) is 0 Å². The summed E-state index contributed by atoms with van der Waals surface area (Å²) in [6.45, 7) is 1.38. The summed E-state index contributed by atoms with van der Waals surface area (Å²) in [4.78, 5) is 12.1. The molecule has 20 heavy (non-hydrogen) atoms. The number of hydrogen-bond acceptors (Lipinski definition) is 4. The van der Waals surface area contributed by atoms with Crippen molar-refractivity contribution in [1.29, 1.82) is 0 Å². The van der Waals surface area contributed by atoms with Gasteiger partial charge in [-0.3, -0.25) is 4.79 Å². The number of nitrogens with one attached hydrogen (secondary N) is 1. The summed E-state index contributed by atoms with van der Waals surface area (Å²) < 4.78 is 10.3. The standard InChI is InChI=1S/C14H20N2O3.ClH/c1-18-12-4-2-11(3-5-12)16-14(17)13(15)10-6-8-19-9-7-10;/h2-5,10,13H,6-9,15H2,1H3,(H,16,17);1H. The van der Waals surface area contributed by atoms with Gasteiger partial charge in [0, 0.05) is 18.9 Å². The highest BCUT2D eigenvalue weighted by atomic mass is 35.5. The molecule has 112 valence electrons. The van der Waals surface area contributed by atoms with Gasteiger partial charge in [0.25, 0.3) is 0 Å². The molecular weight excluding hydrogens is 280 g/mol. The zero-order valence-corrected chi connectivity index (χ0v) is 12.3. The fourth-order valence-electron chi connectivity index (χ4n) is 2.19. The molecule has 0 saturated carbocycles. The molecule has 1 amide bonds. The second-order valence-electron chi connectivity index (χ2n) is 4.69. The molecule has 1 aliphatic rings. The van der Waals surface area contributed by atoms with Gasteiger partial charge in [0.2, 0.25) is 5.91 Å². The van der Waals surface area contributed by atoms with Gasteiger partial charge in [-0.2, -0.15) is 0 Å². The van der Waals surface area contributed by atoms with Crippen molar-refractivity contribution in [2.45, 2.75) is 18.9 Å². The Morgan fingerprint density at radius 1 is 1.35 bits per heavy atom. The lowest BCUT2D eigenvalue weighted by atomic mass is 9.92. The first-order valence-electron chi connectivity index (χ1n) is 6.49. The summed E-state index contributed by atoms with van der Waals surface area (Å²) in [5.41, 5.74) is 6.73. The molecule has 0 aliphatic carbocycles. The lowest BCUT2D eigenvalue weighted by Crippen LogP contribution is -2.43. The van der Waals surface area contributed by atoms with Crippen LogP contribution in [0.15, 0.2) is 24.3 Å². The maximum Gasteiger partial charge on any atom is 0.241 e. The Kier molecular flexibility index (Phi) is 6.78. The van der Waals surface area contributed by atoms with Crippen molar-refractivity contribution in [3.8, 4) is 5.75 Å². The van der Waals surface area contributed by atoms with Crippen LogP contribution in [0.3, 0.4) is 0 Å². The number of methoxy groups -OCH3 is 1. The minimum absolute atomic E-state index is 0. The van der Waals surface area contributed by atoms with Gasteiger partial charge in [-0.05, 0) is 43.0 Å². The fraction of sp³-hybridized carbons (Fsp3) is 0.500. The molecule has 1 unspecified atom stereocenters. The molecule has 1 aliphatic heterocycles. The van der Waals surface area contributed by atoms with Crippen LogP contribution in [0.25, 0.3) is 0 Å². The number of anilines is 1. The predicted octanol–water partition coefficient (Wildman–Crippen LogP) is 1.81. The normalized spacial score (nSPS) is 16.9. The molecule has 1 fully saturated rings. The second-order valence-corrected chi connectivity index (χ2v) is 4.69. The van der Waals surface area contributed by atoms with Crippen molar-refractivity contribution in [1.82, 2.24) is 0 Å².